The summed E-state index contributed by atoms with van der Waals surface area (Å²) in [5, 5.41) is 0.764. The van der Waals surface area contributed by atoms with Crippen LogP contribution in [0.1, 0.15) is 5.56 Å². The van der Waals surface area contributed by atoms with Crippen LogP contribution in [-0.2, 0) is 0 Å². The number of hydrogen-bond donors (Lipinski definition) is 0. The third kappa shape index (κ3) is 1.43. The molecule has 0 aliphatic carbocycles. The molecule has 0 saturated carbocycles. The van der Waals surface area contributed by atoms with Gasteiger partial charge in [0.15, 0.2) is 4.96 Å². The summed E-state index contributed by atoms with van der Waals surface area (Å²) in [7, 11) is 0. The smallest absolute Gasteiger partial charge is 0.266 e. The summed E-state index contributed by atoms with van der Waals surface area (Å²) in [5.41, 5.74) is 2.85. The summed E-state index contributed by atoms with van der Waals surface area (Å²) in [6.45, 7) is 2.00. The highest BCUT2D eigenvalue weighted by Crippen LogP contribution is 2.23. The molecule has 0 saturated heterocycles. The average molecular weight is 266 g/mol. The zero-order valence-electron chi connectivity index (χ0n) is 10.3. The average Bonchev–Trinajstić information content (AvgIpc) is 2.78. The van der Waals surface area contributed by atoms with Gasteiger partial charge in [-0.3, -0.25) is 4.79 Å². The lowest BCUT2D eigenvalue weighted by molar-refractivity contribution is 1.20. The van der Waals surface area contributed by atoms with Gasteiger partial charge in [0.05, 0.1) is 16.4 Å². The van der Waals surface area contributed by atoms with Crippen molar-refractivity contribution in [2.75, 3.05) is 0 Å². The molecular weight excluding hydrogens is 256 g/mol. The van der Waals surface area contributed by atoms with E-state index in [0.29, 0.717) is 0 Å². The first-order chi connectivity index (χ1) is 9.24. The maximum Gasteiger partial charge on any atom is 0.266 e. The number of nitrogens with zero attached hydrogens (tertiary/aromatic N) is 2. The van der Waals surface area contributed by atoms with Crippen LogP contribution in [-0.4, -0.2) is 9.38 Å². The Kier molecular flexibility index (Phi) is 2.05. The Labute approximate surface area is 112 Å². The summed E-state index contributed by atoms with van der Waals surface area (Å²) in [6, 6.07) is 13.7. The van der Waals surface area contributed by atoms with Crippen molar-refractivity contribution < 1.29 is 0 Å². The van der Waals surface area contributed by atoms with Crippen LogP contribution in [0, 0.1) is 6.92 Å². The Bertz CT molecular complexity index is 997. The summed E-state index contributed by atoms with van der Waals surface area (Å²) in [6.07, 6.45) is 0. The fourth-order valence-corrected chi connectivity index (χ4v) is 3.39. The molecule has 2 heterocycles. The molecule has 2 aromatic carbocycles. The van der Waals surface area contributed by atoms with E-state index in [0.717, 1.165) is 31.6 Å². The zero-order chi connectivity index (χ0) is 13.0. The van der Waals surface area contributed by atoms with E-state index in [2.05, 4.69) is 4.98 Å². The van der Waals surface area contributed by atoms with Crippen molar-refractivity contribution in [2.45, 2.75) is 6.92 Å². The number of imidazole rings is 1. The second kappa shape index (κ2) is 3.65. The molecule has 0 aliphatic heterocycles. The molecule has 19 heavy (non-hydrogen) atoms. The Balaban J connectivity index is 2.34. The second-order valence-corrected chi connectivity index (χ2v) is 5.63. The minimum atomic E-state index is 0.0150. The standard InChI is InChI=1S/C15H10N2OS/c1-9-6-7-13-10(8-9)14(18)17-12-5-3-2-4-11(12)16-15(17)19-13/h2-8H,1H3. The van der Waals surface area contributed by atoms with Gasteiger partial charge in [-0.25, -0.2) is 9.38 Å². The number of rotatable bonds is 0. The van der Waals surface area contributed by atoms with Crippen LogP contribution in [0.5, 0.6) is 0 Å². The second-order valence-electron chi connectivity index (χ2n) is 4.63. The molecule has 0 bridgehead atoms. The first kappa shape index (κ1) is 10.7. The predicted octanol–water partition coefficient (Wildman–Crippen LogP) is 3.37. The third-order valence-electron chi connectivity index (χ3n) is 3.30. The van der Waals surface area contributed by atoms with Gasteiger partial charge in [-0.1, -0.05) is 35.1 Å². The Morgan fingerprint density at radius 3 is 2.89 bits per heavy atom. The van der Waals surface area contributed by atoms with Crippen molar-refractivity contribution in [1.29, 1.82) is 0 Å². The Morgan fingerprint density at radius 2 is 2.00 bits per heavy atom. The maximum atomic E-state index is 12.6. The van der Waals surface area contributed by atoms with Gasteiger partial charge in [0.2, 0.25) is 0 Å². The quantitative estimate of drug-likeness (QED) is 0.489. The molecule has 0 aliphatic rings. The van der Waals surface area contributed by atoms with Gasteiger partial charge in [-0.2, -0.15) is 0 Å². The molecule has 0 atom stereocenters. The molecule has 3 nitrogen and oxygen atoms in total. The van der Waals surface area contributed by atoms with E-state index in [1.807, 2.05) is 49.4 Å². The first-order valence-electron chi connectivity index (χ1n) is 6.05. The van der Waals surface area contributed by atoms with Crippen molar-refractivity contribution in [3.05, 3.63) is 58.4 Å². The van der Waals surface area contributed by atoms with Gasteiger partial charge in [0.1, 0.15) is 0 Å². The van der Waals surface area contributed by atoms with Gasteiger partial charge in [-0.15, -0.1) is 0 Å². The lowest BCUT2D eigenvalue weighted by Gasteiger charge is -2.00. The van der Waals surface area contributed by atoms with Crippen molar-refractivity contribution in [1.82, 2.24) is 9.38 Å². The van der Waals surface area contributed by atoms with Gasteiger partial charge in [-0.05, 0) is 31.2 Å². The maximum absolute atomic E-state index is 12.6. The van der Waals surface area contributed by atoms with Gasteiger partial charge in [0.25, 0.3) is 5.56 Å². The number of para-hydroxylation sites is 2. The van der Waals surface area contributed by atoms with E-state index in [1.54, 1.807) is 15.7 Å². The fourth-order valence-electron chi connectivity index (χ4n) is 2.39. The normalized spacial score (nSPS) is 11.6. The van der Waals surface area contributed by atoms with E-state index in [-0.39, 0.29) is 5.56 Å². The molecule has 0 unspecified atom stereocenters. The molecule has 2 aromatic heterocycles. The molecule has 4 rings (SSSR count). The van der Waals surface area contributed by atoms with Crippen molar-refractivity contribution in [3.63, 3.8) is 0 Å². The highest BCUT2D eigenvalue weighted by Gasteiger charge is 2.10. The summed E-state index contributed by atoms with van der Waals surface area (Å²) < 4.78 is 2.69. The van der Waals surface area contributed by atoms with Crippen LogP contribution in [0.3, 0.4) is 0 Å². The third-order valence-corrected chi connectivity index (χ3v) is 4.33. The number of fused-ring (bicyclic) bond motifs is 4. The SMILES string of the molecule is Cc1ccc2sc3nc4ccccc4n3c(=O)c2c1. The first-order valence-corrected chi connectivity index (χ1v) is 6.86. The molecule has 4 aromatic rings. The van der Waals surface area contributed by atoms with E-state index in [9.17, 15) is 4.79 Å². The number of aryl methyl sites for hydroxylation is 1. The Morgan fingerprint density at radius 1 is 1.16 bits per heavy atom. The largest absolute Gasteiger partial charge is 0.268 e. The van der Waals surface area contributed by atoms with Crippen LogP contribution < -0.4 is 5.56 Å². The highest BCUT2D eigenvalue weighted by molar-refractivity contribution is 7.23. The van der Waals surface area contributed by atoms with Crippen molar-refractivity contribution in [2.24, 2.45) is 0 Å². The molecule has 0 amide bonds. The molecule has 0 N–H and O–H groups in total. The van der Waals surface area contributed by atoms with Crippen molar-refractivity contribution >= 4 is 37.4 Å². The van der Waals surface area contributed by atoms with Crippen LogP contribution in [0.2, 0.25) is 0 Å². The van der Waals surface area contributed by atoms with Crippen LogP contribution in [0.25, 0.3) is 26.1 Å². The highest BCUT2D eigenvalue weighted by atomic mass is 32.1. The minimum absolute atomic E-state index is 0.0150. The van der Waals surface area contributed by atoms with Gasteiger partial charge < -0.3 is 0 Å². The summed E-state index contributed by atoms with van der Waals surface area (Å²) >= 11 is 1.55. The van der Waals surface area contributed by atoms with E-state index >= 15 is 0 Å². The van der Waals surface area contributed by atoms with Gasteiger partial charge >= 0.3 is 0 Å². The van der Waals surface area contributed by atoms with E-state index in [1.165, 1.54) is 0 Å². The number of hydrogen-bond acceptors (Lipinski definition) is 3. The molecule has 4 heteroatoms. The summed E-state index contributed by atoms with van der Waals surface area (Å²) in [5.74, 6) is 0. The van der Waals surface area contributed by atoms with Crippen LogP contribution in [0.4, 0.5) is 0 Å². The van der Waals surface area contributed by atoms with Crippen LogP contribution >= 0.6 is 11.3 Å². The molecule has 0 fully saturated rings. The number of aromatic nitrogens is 2. The molecular formula is C15H10N2OS. The van der Waals surface area contributed by atoms with E-state index in [4.69, 9.17) is 0 Å². The van der Waals surface area contributed by atoms with Crippen molar-refractivity contribution in [3.8, 4) is 0 Å². The monoisotopic (exact) mass is 266 g/mol. The zero-order valence-corrected chi connectivity index (χ0v) is 11.1. The minimum Gasteiger partial charge on any atom is -0.268 e. The summed E-state index contributed by atoms with van der Waals surface area (Å²) in [4.78, 5) is 17.9. The van der Waals surface area contributed by atoms with Gasteiger partial charge in [0, 0.05) is 4.70 Å². The lowest BCUT2D eigenvalue weighted by atomic mass is 10.2. The Hall–Kier alpha value is -2.20. The van der Waals surface area contributed by atoms with E-state index < -0.39 is 0 Å². The molecule has 92 valence electrons. The molecule has 0 radical (unpaired) electrons. The number of benzene rings is 2. The lowest BCUT2D eigenvalue weighted by Crippen LogP contribution is -2.11. The fraction of sp³-hybridized carbons (Fsp3) is 0.0667. The predicted molar refractivity (Wildman–Crippen MR) is 79.1 cm³/mol. The van der Waals surface area contributed by atoms with Crippen LogP contribution in [0.15, 0.2) is 47.3 Å². The topological polar surface area (TPSA) is 34.4 Å². The molecule has 0 spiro atoms.